The molecule has 1 atom stereocenters. The van der Waals surface area contributed by atoms with E-state index in [4.69, 9.17) is 11.6 Å². The number of anilines is 1. The van der Waals surface area contributed by atoms with E-state index in [9.17, 15) is 0 Å². The average molecular weight is 246 g/mol. The Morgan fingerprint density at radius 1 is 1.00 bits per heavy atom. The van der Waals surface area contributed by atoms with Crippen LogP contribution in [0.15, 0.2) is 48.5 Å². The lowest BCUT2D eigenvalue weighted by atomic mass is 10.1. The van der Waals surface area contributed by atoms with Crippen molar-refractivity contribution in [3.63, 3.8) is 0 Å². The van der Waals surface area contributed by atoms with E-state index in [1.165, 1.54) is 5.56 Å². The van der Waals surface area contributed by atoms with Crippen LogP contribution < -0.4 is 5.32 Å². The zero-order chi connectivity index (χ0) is 12.3. The van der Waals surface area contributed by atoms with Gasteiger partial charge in [-0.1, -0.05) is 48.0 Å². The van der Waals surface area contributed by atoms with Crippen LogP contribution in [0.1, 0.15) is 24.1 Å². The number of aryl methyl sites for hydroxylation is 1. The smallest absolute Gasteiger partial charge is 0.0500 e. The predicted molar refractivity (Wildman–Crippen MR) is 74.7 cm³/mol. The molecule has 2 heteroatoms. The molecule has 0 amide bonds. The maximum Gasteiger partial charge on any atom is 0.0500 e. The van der Waals surface area contributed by atoms with Gasteiger partial charge < -0.3 is 5.32 Å². The summed E-state index contributed by atoms with van der Waals surface area (Å²) in [6.07, 6.45) is 0. The molecule has 1 N–H and O–H groups in total. The van der Waals surface area contributed by atoms with Crippen LogP contribution >= 0.6 is 11.6 Å². The quantitative estimate of drug-likeness (QED) is 0.817. The van der Waals surface area contributed by atoms with Crippen molar-refractivity contribution in [3.8, 4) is 0 Å². The monoisotopic (exact) mass is 245 g/mol. The van der Waals surface area contributed by atoms with Crippen LogP contribution in [-0.2, 0) is 0 Å². The Bertz CT molecular complexity index is 508. The standard InChI is InChI=1S/C15H16ClN/c1-11-7-3-6-10-15(11)17-12(2)13-8-4-5-9-14(13)16/h3-10,12,17H,1-2H3. The van der Waals surface area contributed by atoms with Gasteiger partial charge in [0.15, 0.2) is 0 Å². The molecule has 0 aromatic heterocycles. The second-order valence-corrected chi connectivity index (χ2v) is 4.61. The number of nitrogens with one attached hydrogen (secondary N) is 1. The minimum absolute atomic E-state index is 0.199. The van der Waals surface area contributed by atoms with Crippen LogP contribution in [0.3, 0.4) is 0 Å². The molecule has 1 unspecified atom stereocenters. The summed E-state index contributed by atoms with van der Waals surface area (Å²) in [4.78, 5) is 0. The van der Waals surface area contributed by atoms with Gasteiger partial charge in [-0.2, -0.15) is 0 Å². The van der Waals surface area contributed by atoms with Gasteiger partial charge in [-0.3, -0.25) is 0 Å². The molecule has 0 aliphatic rings. The molecule has 0 saturated carbocycles. The molecule has 1 nitrogen and oxygen atoms in total. The number of hydrogen-bond acceptors (Lipinski definition) is 1. The number of para-hydroxylation sites is 1. The van der Waals surface area contributed by atoms with Crippen molar-refractivity contribution in [2.45, 2.75) is 19.9 Å². The third kappa shape index (κ3) is 2.80. The molecule has 2 aromatic carbocycles. The van der Waals surface area contributed by atoms with Crippen LogP contribution in [0.5, 0.6) is 0 Å². The van der Waals surface area contributed by atoms with Crippen molar-refractivity contribution in [3.05, 3.63) is 64.7 Å². The maximum absolute atomic E-state index is 6.19. The average Bonchev–Trinajstić information content (AvgIpc) is 2.32. The predicted octanol–water partition coefficient (Wildman–Crippen LogP) is 4.82. The molecule has 0 fully saturated rings. The van der Waals surface area contributed by atoms with Gasteiger partial charge in [0.2, 0.25) is 0 Å². The van der Waals surface area contributed by atoms with Gasteiger partial charge in [-0.25, -0.2) is 0 Å². The van der Waals surface area contributed by atoms with Crippen molar-refractivity contribution < 1.29 is 0 Å². The molecule has 0 heterocycles. The summed E-state index contributed by atoms with van der Waals surface area (Å²) in [6.45, 7) is 4.22. The van der Waals surface area contributed by atoms with E-state index in [0.29, 0.717) is 0 Å². The van der Waals surface area contributed by atoms with E-state index in [1.54, 1.807) is 0 Å². The van der Waals surface area contributed by atoms with Gasteiger partial charge in [0.05, 0.1) is 0 Å². The topological polar surface area (TPSA) is 12.0 Å². The maximum atomic E-state index is 6.19. The lowest BCUT2D eigenvalue weighted by Crippen LogP contribution is -2.07. The third-order valence-corrected chi connectivity index (χ3v) is 3.23. The van der Waals surface area contributed by atoms with Crippen LogP contribution in [0.4, 0.5) is 5.69 Å². The molecule has 0 aliphatic carbocycles. The molecule has 0 saturated heterocycles. The zero-order valence-electron chi connectivity index (χ0n) is 10.1. The number of hydrogen-bond donors (Lipinski definition) is 1. The zero-order valence-corrected chi connectivity index (χ0v) is 10.8. The fraction of sp³-hybridized carbons (Fsp3) is 0.200. The van der Waals surface area contributed by atoms with E-state index in [2.05, 4.69) is 37.4 Å². The molecule has 2 rings (SSSR count). The summed E-state index contributed by atoms with van der Waals surface area (Å²) in [6, 6.07) is 16.4. The van der Waals surface area contributed by atoms with Gasteiger partial charge in [0.1, 0.15) is 0 Å². The van der Waals surface area contributed by atoms with Crippen LogP contribution in [0.25, 0.3) is 0 Å². The normalized spacial score (nSPS) is 12.2. The molecule has 0 radical (unpaired) electrons. The van der Waals surface area contributed by atoms with Crippen molar-refractivity contribution in [1.82, 2.24) is 0 Å². The first-order valence-electron chi connectivity index (χ1n) is 5.75. The molecule has 0 aliphatic heterocycles. The Balaban J connectivity index is 2.20. The van der Waals surface area contributed by atoms with Gasteiger partial charge in [0.25, 0.3) is 0 Å². The first-order chi connectivity index (χ1) is 8.18. The highest BCUT2D eigenvalue weighted by molar-refractivity contribution is 6.31. The van der Waals surface area contributed by atoms with E-state index in [0.717, 1.165) is 16.3 Å². The number of halogens is 1. The Morgan fingerprint density at radius 3 is 2.35 bits per heavy atom. The molecule has 0 bridgehead atoms. The Hall–Kier alpha value is -1.47. The minimum atomic E-state index is 0.199. The lowest BCUT2D eigenvalue weighted by Gasteiger charge is -2.18. The second-order valence-electron chi connectivity index (χ2n) is 4.20. The summed E-state index contributed by atoms with van der Waals surface area (Å²) in [5, 5.41) is 4.29. The molecule has 2 aromatic rings. The number of rotatable bonds is 3. The highest BCUT2D eigenvalue weighted by Crippen LogP contribution is 2.26. The van der Waals surface area contributed by atoms with Crippen LogP contribution in [0, 0.1) is 6.92 Å². The molecule has 88 valence electrons. The molecular formula is C15H16ClN. The SMILES string of the molecule is Cc1ccccc1NC(C)c1ccccc1Cl. The largest absolute Gasteiger partial charge is 0.378 e. The van der Waals surface area contributed by atoms with E-state index in [1.807, 2.05) is 30.3 Å². The lowest BCUT2D eigenvalue weighted by molar-refractivity contribution is 0.883. The minimum Gasteiger partial charge on any atom is -0.378 e. The van der Waals surface area contributed by atoms with Gasteiger partial charge in [-0.05, 0) is 37.1 Å². The van der Waals surface area contributed by atoms with E-state index in [-0.39, 0.29) is 6.04 Å². The summed E-state index contributed by atoms with van der Waals surface area (Å²) in [7, 11) is 0. The molecular weight excluding hydrogens is 230 g/mol. The van der Waals surface area contributed by atoms with Crippen LogP contribution in [0.2, 0.25) is 5.02 Å². The highest BCUT2D eigenvalue weighted by Gasteiger charge is 2.09. The van der Waals surface area contributed by atoms with Gasteiger partial charge in [-0.15, -0.1) is 0 Å². The first-order valence-corrected chi connectivity index (χ1v) is 6.13. The van der Waals surface area contributed by atoms with Crippen molar-refractivity contribution in [1.29, 1.82) is 0 Å². The summed E-state index contributed by atoms with van der Waals surface area (Å²) in [5.41, 5.74) is 3.52. The van der Waals surface area contributed by atoms with Crippen molar-refractivity contribution in [2.75, 3.05) is 5.32 Å². The molecule has 0 spiro atoms. The third-order valence-electron chi connectivity index (χ3n) is 2.89. The Morgan fingerprint density at radius 2 is 1.65 bits per heavy atom. The summed E-state index contributed by atoms with van der Waals surface area (Å²) >= 11 is 6.19. The van der Waals surface area contributed by atoms with E-state index < -0.39 is 0 Å². The fourth-order valence-electron chi connectivity index (χ4n) is 1.87. The van der Waals surface area contributed by atoms with E-state index >= 15 is 0 Å². The first kappa shape index (κ1) is 12.0. The van der Waals surface area contributed by atoms with Crippen molar-refractivity contribution >= 4 is 17.3 Å². The van der Waals surface area contributed by atoms with Crippen molar-refractivity contribution in [2.24, 2.45) is 0 Å². The Labute approximate surface area is 107 Å². The Kier molecular flexibility index (Phi) is 3.70. The summed E-state index contributed by atoms with van der Waals surface area (Å²) in [5.74, 6) is 0. The van der Waals surface area contributed by atoms with Gasteiger partial charge in [0, 0.05) is 16.8 Å². The molecule has 17 heavy (non-hydrogen) atoms. The highest BCUT2D eigenvalue weighted by atomic mass is 35.5. The number of benzene rings is 2. The van der Waals surface area contributed by atoms with Crippen LogP contribution in [-0.4, -0.2) is 0 Å². The van der Waals surface area contributed by atoms with Gasteiger partial charge >= 0.3 is 0 Å². The second kappa shape index (κ2) is 5.24. The fourth-order valence-corrected chi connectivity index (χ4v) is 2.17. The summed E-state index contributed by atoms with van der Waals surface area (Å²) < 4.78 is 0.